The molecule has 2 N–H and O–H groups in total. The van der Waals surface area contributed by atoms with Crippen molar-refractivity contribution in [1.82, 2.24) is 9.55 Å². The van der Waals surface area contributed by atoms with Gasteiger partial charge in [-0.3, -0.25) is 4.57 Å². The molecule has 0 radical (unpaired) electrons. The number of hydrogen-bond donors (Lipinski definition) is 2. The van der Waals surface area contributed by atoms with Gasteiger partial charge in [-0.1, -0.05) is 42.5 Å². The van der Waals surface area contributed by atoms with Crippen LogP contribution in [0.4, 0.5) is 0 Å². The fourth-order valence-corrected chi connectivity index (χ4v) is 2.80. The zero-order chi connectivity index (χ0) is 15.1. The zero-order valence-electron chi connectivity index (χ0n) is 11.7. The standard InChI is InChI=1S/C17H13BN2O2/c21-18(22)17-19-15-10-12-6-4-5-7-13(12)11-16(15)20(17)14-8-2-1-3-9-14/h1-11,21-22H. The molecule has 0 saturated carbocycles. The quantitative estimate of drug-likeness (QED) is 0.553. The predicted octanol–water partition coefficient (Wildman–Crippen LogP) is 1.86. The first-order valence-corrected chi connectivity index (χ1v) is 7.07. The number of hydrogen-bond acceptors (Lipinski definition) is 3. The fraction of sp³-hybridized carbons (Fsp3) is 0. The molecule has 0 atom stereocenters. The Morgan fingerprint density at radius 2 is 1.45 bits per heavy atom. The van der Waals surface area contributed by atoms with Gasteiger partial charge in [0.15, 0.2) is 0 Å². The molecule has 22 heavy (non-hydrogen) atoms. The zero-order valence-corrected chi connectivity index (χ0v) is 11.7. The van der Waals surface area contributed by atoms with Crippen LogP contribution in [-0.2, 0) is 0 Å². The van der Waals surface area contributed by atoms with Crippen molar-refractivity contribution >= 4 is 34.6 Å². The highest BCUT2D eigenvalue weighted by atomic mass is 16.4. The van der Waals surface area contributed by atoms with E-state index in [-0.39, 0.29) is 5.72 Å². The van der Waals surface area contributed by atoms with Crippen molar-refractivity contribution in [2.45, 2.75) is 0 Å². The van der Waals surface area contributed by atoms with E-state index in [1.807, 2.05) is 66.7 Å². The fourth-order valence-electron chi connectivity index (χ4n) is 2.80. The summed E-state index contributed by atoms with van der Waals surface area (Å²) in [6.07, 6.45) is 0. The van der Waals surface area contributed by atoms with E-state index in [0.29, 0.717) is 0 Å². The highest BCUT2D eigenvalue weighted by Gasteiger charge is 2.22. The lowest BCUT2D eigenvalue weighted by atomic mass is 9.90. The van der Waals surface area contributed by atoms with Gasteiger partial charge in [-0.2, -0.15) is 0 Å². The van der Waals surface area contributed by atoms with Crippen molar-refractivity contribution in [3.63, 3.8) is 0 Å². The van der Waals surface area contributed by atoms with Crippen LogP contribution in [0.1, 0.15) is 0 Å². The summed E-state index contributed by atoms with van der Waals surface area (Å²) in [6, 6.07) is 21.6. The number of benzene rings is 3. The molecule has 4 aromatic rings. The Kier molecular flexibility index (Phi) is 2.96. The highest BCUT2D eigenvalue weighted by molar-refractivity contribution is 6.57. The maximum Gasteiger partial charge on any atom is 0.526 e. The van der Waals surface area contributed by atoms with E-state index in [1.54, 1.807) is 4.57 Å². The van der Waals surface area contributed by atoms with Crippen molar-refractivity contribution < 1.29 is 10.0 Å². The molecule has 0 fully saturated rings. The highest BCUT2D eigenvalue weighted by Crippen LogP contribution is 2.23. The summed E-state index contributed by atoms with van der Waals surface area (Å²) in [7, 11) is -1.63. The van der Waals surface area contributed by atoms with E-state index in [1.165, 1.54) is 0 Å². The van der Waals surface area contributed by atoms with Gasteiger partial charge >= 0.3 is 7.12 Å². The Morgan fingerprint density at radius 1 is 0.818 bits per heavy atom. The molecule has 0 aliphatic carbocycles. The molecule has 0 bridgehead atoms. The molecule has 106 valence electrons. The van der Waals surface area contributed by atoms with Crippen LogP contribution in [0.2, 0.25) is 0 Å². The van der Waals surface area contributed by atoms with Gasteiger partial charge in [-0.25, -0.2) is 4.98 Å². The van der Waals surface area contributed by atoms with Gasteiger partial charge < -0.3 is 10.0 Å². The Hall–Kier alpha value is -2.63. The number of fused-ring (bicyclic) bond motifs is 2. The van der Waals surface area contributed by atoms with Crippen LogP contribution < -0.4 is 5.72 Å². The maximum absolute atomic E-state index is 9.68. The van der Waals surface area contributed by atoms with Gasteiger partial charge in [0.1, 0.15) is 5.72 Å². The van der Waals surface area contributed by atoms with Crippen LogP contribution in [-0.4, -0.2) is 26.7 Å². The maximum atomic E-state index is 9.68. The third-order valence-corrected chi connectivity index (χ3v) is 3.79. The van der Waals surface area contributed by atoms with Crippen LogP contribution in [0.5, 0.6) is 0 Å². The topological polar surface area (TPSA) is 58.3 Å². The van der Waals surface area contributed by atoms with Crippen LogP contribution in [0.25, 0.3) is 27.5 Å². The van der Waals surface area contributed by atoms with Crippen molar-refractivity contribution in [3.8, 4) is 5.69 Å². The molecule has 5 heteroatoms. The Balaban J connectivity index is 2.11. The second-order valence-corrected chi connectivity index (χ2v) is 5.20. The average Bonchev–Trinajstić information content (AvgIpc) is 2.92. The van der Waals surface area contributed by atoms with Gasteiger partial charge in [0.05, 0.1) is 11.0 Å². The summed E-state index contributed by atoms with van der Waals surface area (Å²) >= 11 is 0. The summed E-state index contributed by atoms with van der Waals surface area (Å²) in [6.45, 7) is 0. The number of para-hydroxylation sites is 1. The van der Waals surface area contributed by atoms with Crippen LogP contribution >= 0.6 is 0 Å². The number of imidazole rings is 1. The molecule has 4 rings (SSSR count). The van der Waals surface area contributed by atoms with E-state index >= 15 is 0 Å². The van der Waals surface area contributed by atoms with E-state index in [4.69, 9.17) is 0 Å². The van der Waals surface area contributed by atoms with Gasteiger partial charge in [0, 0.05) is 5.69 Å². The smallest absolute Gasteiger partial charge is 0.421 e. The molecular formula is C17H13BN2O2. The summed E-state index contributed by atoms with van der Waals surface area (Å²) in [4.78, 5) is 4.40. The SMILES string of the molecule is OB(O)c1nc2cc3ccccc3cc2n1-c1ccccc1. The summed E-state index contributed by atoms with van der Waals surface area (Å²) in [5.41, 5.74) is 2.67. The first-order valence-electron chi connectivity index (χ1n) is 7.07. The minimum atomic E-state index is -1.63. The molecule has 1 aromatic heterocycles. The first kappa shape index (κ1) is 13.1. The molecule has 0 aliphatic rings. The van der Waals surface area contributed by atoms with Crippen LogP contribution in [0.3, 0.4) is 0 Å². The van der Waals surface area contributed by atoms with Gasteiger partial charge in [0.25, 0.3) is 0 Å². The Labute approximate surface area is 127 Å². The molecular weight excluding hydrogens is 275 g/mol. The van der Waals surface area contributed by atoms with Gasteiger partial charge in [-0.05, 0) is 35.0 Å². The second kappa shape index (κ2) is 4.98. The number of aromatic nitrogens is 2. The van der Waals surface area contributed by atoms with Crippen molar-refractivity contribution in [1.29, 1.82) is 0 Å². The van der Waals surface area contributed by atoms with Crippen LogP contribution in [0, 0.1) is 0 Å². The van der Waals surface area contributed by atoms with E-state index < -0.39 is 7.12 Å². The first-order chi connectivity index (χ1) is 10.7. The van der Waals surface area contributed by atoms with Crippen molar-refractivity contribution in [2.24, 2.45) is 0 Å². The molecule has 0 amide bonds. The van der Waals surface area contributed by atoms with Crippen LogP contribution in [0.15, 0.2) is 66.7 Å². The molecule has 0 spiro atoms. The summed E-state index contributed by atoms with van der Waals surface area (Å²) in [5.74, 6) is 0. The van der Waals surface area contributed by atoms with Crippen molar-refractivity contribution in [2.75, 3.05) is 0 Å². The normalized spacial score (nSPS) is 11.2. The average molecular weight is 288 g/mol. The predicted molar refractivity (Wildman–Crippen MR) is 88.4 cm³/mol. The molecule has 1 heterocycles. The lowest BCUT2D eigenvalue weighted by Gasteiger charge is -2.09. The molecule has 0 unspecified atom stereocenters. The van der Waals surface area contributed by atoms with E-state index in [0.717, 1.165) is 27.5 Å². The summed E-state index contributed by atoms with van der Waals surface area (Å²) < 4.78 is 1.78. The number of nitrogens with zero attached hydrogens (tertiary/aromatic N) is 2. The van der Waals surface area contributed by atoms with Crippen molar-refractivity contribution in [3.05, 3.63) is 66.7 Å². The van der Waals surface area contributed by atoms with Gasteiger partial charge in [0.2, 0.25) is 0 Å². The minimum absolute atomic E-state index is 0.219. The lowest BCUT2D eigenvalue weighted by Crippen LogP contribution is -2.37. The monoisotopic (exact) mass is 288 g/mol. The summed E-state index contributed by atoms with van der Waals surface area (Å²) in [5, 5.41) is 21.5. The molecule has 4 nitrogen and oxygen atoms in total. The largest absolute Gasteiger partial charge is 0.526 e. The second-order valence-electron chi connectivity index (χ2n) is 5.20. The van der Waals surface area contributed by atoms with Gasteiger partial charge in [-0.15, -0.1) is 0 Å². The Morgan fingerprint density at radius 3 is 2.14 bits per heavy atom. The number of rotatable bonds is 2. The lowest BCUT2D eigenvalue weighted by molar-refractivity contribution is 0.422. The molecule has 0 saturated heterocycles. The minimum Gasteiger partial charge on any atom is -0.421 e. The molecule has 0 aliphatic heterocycles. The molecule has 3 aromatic carbocycles. The third kappa shape index (κ3) is 1.99. The van der Waals surface area contributed by atoms with E-state index in [9.17, 15) is 10.0 Å². The van der Waals surface area contributed by atoms with E-state index in [2.05, 4.69) is 4.98 Å². The Bertz CT molecular complexity index is 964. The third-order valence-electron chi connectivity index (χ3n) is 3.79.